The Kier molecular flexibility index (Phi) is 7.89. The first-order valence-electron chi connectivity index (χ1n) is 4.89. The predicted octanol–water partition coefficient (Wildman–Crippen LogP) is -1.06. The van der Waals surface area contributed by atoms with E-state index in [1.54, 1.807) is 0 Å². The number of nitrogens with zero attached hydrogens (tertiary/aromatic N) is 1. The molecule has 0 aromatic heterocycles. The van der Waals surface area contributed by atoms with E-state index in [2.05, 4.69) is 0 Å². The van der Waals surface area contributed by atoms with Gasteiger partial charge in [-0.2, -0.15) is 8.42 Å². The van der Waals surface area contributed by atoms with Gasteiger partial charge in [0.25, 0.3) is 10.1 Å². The molecule has 3 N–H and O–H groups in total. The van der Waals surface area contributed by atoms with Gasteiger partial charge in [-0.1, -0.05) is 0 Å². The minimum atomic E-state index is -3.89. The summed E-state index contributed by atoms with van der Waals surface area (Å²) in [7, 11) is -3.89. The first-order chi connectivity index (χ1) is 6.99. The van der Waals surface area contributed by atoms with E-state index in [1.165, 1.54) is 0 Å². The molecule has 6 nitrogen and oxygen atoms in total. The maximum Gasteiger partial charge on any atom is 0.264 e. The van der Waals surface area contributed by atoms with Crippen LogP contribution in [0.15, 0.2) is 0 Å². The molecule has 0 saturated heterocycles. The maximum absolute atomic E-state index is 10.4. The molecule has 0 radical (unpaired) electrons. The summed E-state index contributed by atoms with van der Waals surface area (Å²) in [6.45, 7) is 1.62. The summed E-state index contributed by atoms with van der Waals surface area (Å²) in [6, 6.07) is 0. The van der Waals surface area contributed by atoms with Crippen LogP contribution >= 0.6 is 0 Å². The summed E-state index contributed by atoms with van der Waals surface area (Å²) in [5, 5.41) is 17.3. The summed E-state index contributed by atoms with van der Waals surface area (Å²) in [5.74, 6) is -0.270. The minimum Gasteiger partial charge on any atom is -0.396 e. The highest BCUT2D eigenvalue weighted by Gasteiger charge is 2.07. The first-order valence-corrected chi connectivity index (χ1v) is 6.49. The van der Waals surface area contributed by atoms with Gasteiger partial charge >= 0.3 is 0 Å². The standard InChI is InChI=1S/C8H19NO5S/c10-6-1-3-9(5-7-11)4-2-8-15(12,13)14/h10-11H,1-8H2,(H,12,13,14). The fraction of sp³-hybridized carbons (Fsp3) is 1.00. The lowest BCUT2D eigenvalue weighted by molar-refractivity contribution is 0.179. The topological polar surface area (TPSA) is 98.1 Å². The third kappa shape index (κ3) is 10.1. The van der Waals surface area contributed by atoms with E-state index in [0.717, 1.165) is 0 Å². The lowest BCUT2D eigenvalue weighted by Gasteiger charge is -2.20. The molecule has 0 bridgehead atoms. The van der Waals surface area contributed by atoms with E-state index < -0.39 is 10.1 Å². The number of aliphatic hydroxyl groups is 2. The zero-order chi connectivity index (χ0) is 11.7. The highest BCUT2D eigenvalue weighted by atomic mass is 32.2. The Morgan fingerprint density at radius 2 is 1.53 bits per heavy atom. The number of hydrogen-bond donors (Lipinski definition) is 3. The third-order valence-corrected chi connectivity index (χ3v) is 2.73. The fourth-order valence-electron chi connectivity index (χ4n) is 1.24. The van der Waals surface area contributed by atoms with Crippen LogP contribution < -0.4 is 0 Å². The fourth-order valence-corrected chi connectivity index (χ4v) is 1.74. The summed E-state index contributed by atoms with van der Waals surface area (Å²) >= 11 is 0. The van der Waals surface area contributed by atoms with Crippen molar-refractivity contribution in [2.75, 3.05) is 38.6 Å². The highest BCUT2D eigenvalue weighted by molar-refractivity contribution is 7.85. The van der Waals surface area contributed by atoms with E-state index in [9.17, 15) is 8.42 Å². The molecule has 0 fully saturated rings. The molecule has 7 heteroatoms. The Hall–Kier alpha value is -0.210. The zero-order valence-electron chi connectivity index (χ0n) is 8.67. The van der Waals surface area contributed by atoms with Crippen LogP contribution in [0, 0.1) is 0 Å². The van der Waals surface area contributed by atoms with Crippen molar-refractivity contribution in [1.82, 2.24) is 4.90 Å². The summed E-state index contributed by atoms with van der Waals surface area (Å²) in [6.07, 6.45) is 0.913. The van der Waals surface area contributed by atoms with Crippen molar-refractivity contribution in [3.8, 4) is 0 Å². The van der Waals surface area contributed by atoms with Crippen molar-refractivity contribution in [2.45, 2.75) is 12.8 Å². The molecule has 0 atom stereocenters. The van der Waals surface area contributed by atoms with Crippen LogP contribution in [0.5, 0.6) is 0 Å². The molecule has 0 saturated carbocycles. The number of rotatable bonds is 9. The molecule has 0 rings (SSSR count). The maximum atomic E-state index is 10.4. The molecule has 0 spiro atoms. The van der Waals surface area contributed by atoms with Gasteiger partial charge in [-0.3, -0.25) is 4.55 Å². The monoisotopic (exact) mass is 241 g/mol. The molecule has 15 heavy (non-hydrogen) atoms. The number of hydrogen-bond acceptors (Lipinski definition) is 5. The smallest absolute Gasteiger partial charge is 0.264 e. The van der Waals surface area contributed by atoms with Crippen LogP contribution in [-0.4, -0.2) is 66.7 Å². The van der Waals surface area contributed by atoms with Crippen LogP contribution in [0.3, 0.4) is 0 Å². The molecule has 0 amide bonds. The van der Waals surface area contributed by atoms with Gasteiger partial charge in [0.15, 0.2) is 0 Å². The van der Waals surface area contributed by atoms with Gasteiger partial charge < -0.3 is 15.1 Å². The van der Waals surface area contributed by atoms with Crippen LogP contribution in [0.2, 0.25) is 0 Å². The van der Waals surface area contributed by atoms with Gasteiger partial charge in [0.2, 0.25) is 0 Å². The van der Waals surface area contributed by atoms with Crippen molar-refractivity contribution < 1.29 is 23.2 Å². The molecule has 92 valence electrons. The van der Waals surface area contributed by atoms with Crippen molar-refractivity contribution in [3.05, 3.63) is 0 Å². The first kappa shape index (κ1) is 14.8. The van der Waals surface area contributed by atoms with E-state index in [0.29, 0.717) is 32.5 Å². The summed E-state index contributed by atoms with van der Waals surface area (Å²) in [5.41, 5.74) is 0. The second kappa shape index (κ2) is 8.00. The van der Waals surface area contributed by atoms with Gasteiger partial charge in [0.05, 0.1) is 12.4 Å². The average molecular weight is 241 g/mol. The Bertz CT molecular complexity index is 241. The van der Waals surface area contributed by atoms with Crippen LogP contribution in [0.25, 0.3) is 0 Å². The van der Waals surface area contributed by atoms with Crippen molar-refractivity contribution in [2.24, 2.45) is 0 Å². The summed E-state index contributed by atoms with van der Waals surface area (Å²) in [4.78, 5) is 1.85. The molecular weight excluding hydrogens is 222 g/mol. The predicted molar refractivity (Wildman–Crippen MR) is 56.3 cm³/mol. The Morgan fingerprint density at radius 1 is 0.933 bits per heavy atom. The Labute approximate surface area is 90.3 Å². The van der Waals surface area contributed by atoms with Gasteiger partial charge in [-0.25, -0.2) is 0 Å². The van der Waals surface area contributed by atoms with Gasteiger partial charge in [-0.05, 0) is 19.4 Å². The van der Waals surface area contributed by atoms with Gasteiger partial charge in [-0.15, -0.1) is 0 Å². The lowest BCUT2D eigenvalue weighted by Crippen LogP contribution is -2.30. The van der Waals surface area contributed by atoms with Crippen molar-refractivity contribution in [1.29, 1.82) is 0 Å². The van der Waals surface area contributed by atoms with Crippen LogP contribution in [0.1, 0.15) is 12.8 Å². The average Bonchev–Trinajstić information content (AvgIpc) is 2.12. The second-order valence-electron chi connectivity index (χ2n) is 3.28. The Morgan fingerprint density at radius 3 is 2.00 bits per heavy atom. The van der Waals surface area contributed by atoms with E-state index in [4.69, 9.17) is 14.8 Å². The quantitative estimate of drug-likeness (QED) is 0.445. The van der Waals surface area contributed by atoms with E-state index in [-0.39, 0.29) is 19.0 Å². The lowest BCUT2D eigenvalue weighted by atomic mass is 10.3. The van der Waals surface area contributed by atoms with Gasteiger partial charge in [0, 0.05) is 19.7 Å². The number of aliphatic hydroxyl groups excluding tert-OH is 2. The minimum absolute atomic E-state index is 0.00268. The second-order valence-corrected chi connectivity index (χ2v) is 4.85. The van der Waals surface area contributed by atoms with Crippen molar-refractivity contribution in [3.63, 3.8) is 0 Å². The van der Waals surface area contributed by atoms with Gasteiger partial charge in [0.1, 0.15) is 0 Å². The van der Waals surface area contributed by atoms with Crippen LogP contribution in [0.4, 0.5) is 0 Å². The zero-order valence-corrected chi connectivity index (χ0v) is 9.49. The Balaban J connectivity index is 3.74. The van der Waals surface area contributed by atoms with Crippen LogP contribution in [-0.2, 0) is 10.1 Å². The molecular formula is C8H19NO5S. The SMILES string of the molecule is O=S(=O)(O)CCCN(CCO)CCCO. The molecule has 0 heterocycles. The molecule has 0 aliphatic carbocycles. The normalized spacial score (nSPS) is 12.3. The molecule has 0 unspecified atom stereocenters. The highest BCUT2D eigenvalue weighted by Crippen LogP contribution is 1.96. The third-order valence-electron chi connectivity index (χ3n) is 1.93. The molecule has 0 aromatic rings. The summed E-state index contributed by atoms with van der Waals surface area (Å²) < 4.78 is 29.4. The molecule has 0 aliphatic rings. The largest absolute Gasteiger partial charge is 0.396 e. The van der Waals surface area contributed by atoms with Crippen molar-refractivity contribution >= 4 is 10.1 Å². The van der Waals surface area contributed by atoms with E-state index in [1.807, 2.05) is 4.90 Å². The van der Waals surface area contributed by atoms with E-state index >= 15 is 0 Å². The molecule has 0 aromatic carbocycles. The molecule has 0 aliphatic heterocycles.